The maximum absolute atomic E-state index is 5.24. The van der Waals surface area contributed by atoms with Gasteiger partial charge in [-0.1, -0.05) is 6.07 Å². The Morgan fingerprint density at radius 1 is 1.43 bits per heavy atom. The van der Waals surface area contributed by atoms with Crippen molar-refractivity contribution in [3.63, 3.8) is 0 Å². The van der Waals surface area contributed by atoms with E-state index in [0.29, 0.717) is 6.04 Å². The van der Waals surface area contributed by atoms with Gasteiger partial charge < -0.3 is 10.1 Å². The van der Waals surface area contributed by atoms with E-state index in [1.807, 2.05) is 6.07 Å². The second-order valence-electron chi connectivity index (χ2n) is 3.87. The minimum absolute atomic E-state index is 0.532. The smallest absolute Gasteiger partial charge is 0.119 e. The molecule has 1 atom stereocenters. The van der Waals surface area contributed by atoms with Crippen LogP contribution in [0.4, 0.5) is 0 Å². The number of benzene rings is 1. The van der Waals surface area contributed by atoms with Crippen molar-refractivity contribution in [2.75, 3.05) is 13.7 Å². The van der Waals surface area contributed by atoms with Crippen LogP contribution in [-0.4, -0.2) is 13.7 Å². The number of nitrogens with one attached hydrogen (secondary N) is 1. The zero-order chi connectivity index (χ0) is 9.97. The number of rotatable bonds is 2. The fraction of sp³-hybridized carbons (Fsp3) is 0.500. The predicted octanol–water partition coefficient (Wildman–Crippen LogP) is 2.43. The van der Waals surface area contributed by atoms with Crippen LogP contribution in [0.3, 0.4) is 0 Å². The maximum atomic E-state index is 5.24. The van der Waals surface area contributed by atoms with E-state index in [4.69, 9.17) is 4.74 Å². The average molecular weight is 191 g/mol. The molecule has 1 saturated heterocycles. The molecule has 0 amide bonds. The van der Waals surface area contributed by atoms with Gasteiger partial charge in [0.05, 0.1) is 7.11 Å². The summed E-state index contributed by atoms with van der Waals surface area (Å²) in [6.45, 7) is 3.30. The van der Waals surface area contributed by atoms with Gasteiger partial charge in [-0.05, 0) is 49.6 Å². The molecule has 0 spiro atoms. The summed E-state index contributed by atoms with van der Waals surface area (Å²) in [6, 6.07) is 6.84. The first-order valence-electron chi connectivity index (χ1n) is 5.19. The van der Waals surface area contributed by atoms with E-state index in [0.717, 1.165) is 12.3 Å². The standard InChI is InChI=1S/C12H17NO/c1-9-5-6-10(14-2)8-11(9)12-4-3-7-13-12/h5-6,8,12-13H,3-4,7H2,1-2H3/t12-/m1/s1. The van der Waals surface area contributed by atoms with E-state index in [-0.39, 0.29) is 0 Å². The van der Waals surface area contributed by atoms with Crippen LogP contribution in [-0.2, 0) is 0 Å². The average Bonchev–Trinajstić information content (AvgIpc) is 2.71. The Bertz CT molecular complexity index is 316. The molecule has 2 heteroatoms. The van der Waals surface area contributed by atoms with Crippen molar-refractivity contribution >= 4 is 0 Å². The summed E-state index contributed by atoms with van der Waals surface area (Å²) in [5, 5.41) is 3.51. The van der Waals surface area contributed by atoms with E-state index in [2.05, 4.69) is 24.4 Å². The summed E-state index contributed by atoms with van der Waals surface area (Å²) in [6.07, 6.45) is 2.52. The highest BCUT2D eigenvalue weighted by Crippen LogP contribution is 2.28. The fourth-order valence-corrected chi connectivity index (χ4v) is 2.07. The van der Waals surface area contributed by atoms with Crippen LogP contribution in [0.1, 0.15) is 30.0 Å². The van der Waals surface area contributed by atoms with Crippen LogP contribution in [0.15, 0.2) is 18.2 Å². The summed E-state index contributed by atoms with van der Waals surface area (Å²) < 4.78 is 5.24. The van der Waals surface area contributed by atoms with Crippen molar-refractivity contribution in [3.05, 3.63) is 29.3 Å². The third-order valence-corrected chi connectivity index (χ3v) is 2.92. The van der Waals surface area contributed by atoms with Gasteiger partial charge in [0, 0.05) is 6.04 Å². The lowest BCUT2D eigenvalue weighted by Crippen LogP contribution is -2.13. The molecule has 2 rings (SSSR count). The molecule has 0 aromatic heterocycles. The van der Waals surface area contributed by atoms with Crippen molar-refractivity contribution in [2.24, 2.45) is 0 Å². The quantitative estimate of drug-likeness (QED) is 0.775. The molecule has 0 aliphatic carbocycles. The molecule has 0 saturated carbocycles. The van der Waals surface area contributed by atoms with Crippen molar-refractivity contribution in [2.45, 2.75) is 25.8 Å². The second kappa shape index (κ2) is 4.01. The molecule has 1 aromatic carbocycles. The molecular weight excluding hydrogens is 174 g/mol. The van der Waals surface area contributed by atoms with Gasteiger partial charge in [-0.15, -0.1) is 0 Å². The van der Waals surface area contributed by atoms with Crippen LogP contribution in [0.5, 0.6) is 5.75 Å². The molecule has 1 aliphatic rings. The molecule has 14 heavy (non-hydrogen) atoms. The number of aryl methyl sites for hydroxylation is 1. The zero-order valence-corrected chi connectivity index (χ0v) is 8.84. The molecule has 0 bridgehead atoms. The van der Waals surface area contributed by atoms with E-state index in [9.17, 15) is 0 Å². The Hall–Kier alpha value is -1.02. The van der Waals surface area contributed by atoms with Gasteiger partial charge in [-0.2, -0.15) is 0 Å². The maximum Gasteiger partial charge on any atom is 0.119 e. The Balaban J connectivity index is 2.29. The van der Waals surface area contributed by atoms with Gasteiger partial charge >= 0.3 is 0 Å². The molecule has 1 N–H and O–H groups in total. The van der Waals surface area contributed by atoms with Gasteiger partial charge in [-0.25, -0.2) is 0 Å². The van der Waals surface area contributed by atoms with Gasteiger partial charge in [0.25, 0.3) is 0 Å². The minimum Gasteiger partial charge on any atom is -0.497 e. The van der Waals surface area contributed by atoms with Crippen molar-refractivity contribution in [3.8, 4) is 5.75 Å². The lowest BCUT2D eigenvalue weighted by Gasteiger charge is -2.14. The van der Waals surface area contributed by atoms with Crippen LogP contribution < -0.4 is 10.1 Å². The van der Waals surface area contributed by atoms with Gasteiger partial charge in [-0.3, -0.25) is 0 Å². The third kappa shape index (κ3) is 1.75. The molecule has 76 valence electrons. The predicted molar refractivity (Wildman–Crippen MR) is 57.7 cm³/mol. The molecule has 1 aliphatic heterocycles. The molecule has 1 fully saturated rings. The first-order valence-corrected chi connectivity index (χ1v) is 5.19. The van der Waals surface area contributed by atoms with E-state index >= 15 is 0 Å². The number of hydrogen-bond acceptors (Lipinski definition) is 2. The van der Waals surface area contributed by atoms with E-state index in [1.165, 1.54) is 24.0 Å². The highest BCUT2D eigenvalue weighted by atomic mass is 16.5. The number of methoxy groups -OCH3 is 1. The largest absolute Gasteiger partial charge is 0.497 e. The second-order valence-corrected chi connectivity index (χ2v) is 3.87. The lowest BCUT2D eigenvalue weighted by molar-refractivity contribution is 0.413. The van der Waals surface area contributed by atoms with Crippen molar-refractivity contribution in [1.29, 1.82) is 0 Å². The Morgan fingerprint density at radius 2 is 2.29 bits per heavy atom. The summed E-state index contributed by atoms with van der Waals surface area (Å²) in [4.78, 5) is 0. The highest BCUT2D eigenvalue weighted by molar-refractivity contribution is 5.37. The molecule has 1 heterocycles. The Morgan fingerprint density at radius 3 is 2.93 bits per heavy atom. The molecular formula is C12H17NO. The van der Waals surface area contributed by atoms with Crippen LogP contribution in [0.25, 0.3) is 0 Å². The fourth-order valence-electron chi connectivity index (χ4n) is 2.07. The Labute approximate surface area is 85.3 Å². The first-order chi connectivity index (χ1) is 6.81. The summed E-state index contributed by atoms with van der Waals surface area (Å²) >= 11 is 0. The lowest BCUT2D eigenvalue weighted by atomic mass is 10.00. The number of hydrogen-bond donors (Lipinski definition) is 1. The highest BCUT2D eigenvalue weighted by Gasteiger charge is 2.18. The van der Waals surface area contributed by atoms with Gasteiger partial charge in [0.1, 0.15) is 5.75 Å². The molecule has 2 nitrogen and oxygen atoms in total. The van der Waals surface area contributed by atoms with Crippen LogP contribution >= 0.6 is 0 Å². The SMILES string of the molecule is COc1ccc(C)c([C@H]2CCCN2)c1. The molecule has 0 unspecified atom stereocenters. The van der Waals surface area contributed by atoms with Gasteiger partial charge in [0.2, 0.25) is 0 Å². The minimum atomic E-state index is 0.532. The topological polar surface area (TPSA) is 21.3 Å². The first kappa shape index (κ1) is 9.53. The van der Waals surface area contributed by atoms with Crippen molar-refractivity contribution in [1.82, 2.24) is 5.32 Å². The third-order valence-electron chi connectivity index (χ3n) is 2.92. The molecule has 0 radical (unpaired) electrons. The monoisotopic (exact) mass is 191 g/mol. The van der Waals surface area contributed by atoms with E-state index in [1.54, 1.807) is 7.11 Å². The normalized spacial score (nSPS) is 21.1. The zero-order valence-electron chi connectivity index (χ0n) is 8.84. The van der Waals surface area contributed by atoms with E-state index < -0.39 is 0 Å². The number of ether oxygens (including phenoxy) is 1. The summed E-state index contributed by atoms with van der Waals surface area (Å²) in [7, 11) is 1.72. The molecule has 1 aromatic rings. The van der Waals surface area contributed by atoms with Crippen LogP contribution in [0.2, 0.25) is 0 Å². The van der Waals surface area contributed by atoms with Crippen molar-refractivity contribution < 1.29 is 4.74 Å². The summed E-state index contributed by atoms with van der Waals surface area (Å²) in [5.41, 5.74) is 2.74. The van der Waals surface area contributed by atoms with Crippen LogP contribution in [0, 0.1) is 6.92 Å². The Kier molecular flexibility index (Phi) is 2.73. The summed E-state index contributed by atoms with van der Waals surface area (Å²) in [5.74, 6) is 0.958. The van der Waals surface area contributed by atoms with Gasteiger partial charge in [0.15, 0.2) is 0 Å².